The number of hydrogen-bond donors (Lipinski definition) is 1. The van der Waals surface area contributed by atoms with Crippen molar-refractivity contribution in [1.29, 1.82) is 0 Å². The first-order valence-electron chi connectivity index (χ1n) is 6.76. The summed E-state index contributed by atoms with van der Waals surface area (Å²) >= 11 is 0. The van der Waals surface area contributed by atoms with E-state index in [1.54, 1.807) is 0 Å². The van der Waals surface area contributed by atoms with Crippen molar-refractivity contribution < 1.29 is 0 Å². The molecule has 104 valence electrons. The van der Waals surface area contributed by atoms with Gasteiger partial charge in [-0.05, 0) is 24.5 Å². The molecule has 0 unspecified atom stereocenters. The molecule has 0 saturated heterocycles. The molecule has 5 heteroatoms. The summed E-state index contributed by atoms with van der Waals surface area (Å²) in [6, 6.07) is 2.07. The van der Waals surface area contributed by atoms with E-state index in [0.29, 0.717) is 5.92 Å². The van der Waals surface area contributed by atoms with Gasteiger partial charge >= 0.3 is 0 Å². The van der Waals surface area contributed by atoms with Crippen LogP contribution in [0.25, 0.3) is 0 Å². The smallest absolute Gasteiger partial charge is 0.0762 e. The molecule has 19 heavy (non-hydrogen) atoms. The molecule has 1 N–H and O–H groups in total. The highest BCUT2D eigenvalue weighted by Crippen LogP contribution is 2.05. The van der Waals surface area contributed by atoms with E-state index >= 15 is 0 Å². The summed E-state index contributed by atoms with van der Waals surface area (Å²) in [4.78, 5) is 0. The van der Waals surface area contributed by atoms with Crippen LogP contribution in [-0.4, -0.2) is 19.6 Å². The summed E-state index contributed by atoms with van der Waals surface area (Å²) in [7, 11) is 1.97. The average Bonchev–Trinajstić information content (AvgIpc) is 2.89. The molecule has 0 aliphatic rings. The molecule has 2 aromatic rings. The van der Waals surface area contributed by atoms with Gasteiger partial charge in [-0.1, -0.05) is 13.8 Å². The van der Waals surface area contributed by atoms with Gasteiger partial charge in [0.2, 0.25) is 0 Å². The van der Waals surface area contributed by atoms with Gasteiger partial charge in [0.1, 0.15) is 0 Å². The highest BCUT2D eigenvalue weighted by Gasteiger charge is 2.05. The number of nitrogens with one attached hydrogen (secondary N) is 1. The Labute approximate surface area is 114 Å². The van der Waals surface area contributed by atoms with Crippen molar-refractivity contribution in [2.24, 2.45) is 13.0 Å². The van der Waals surface area contributed by atoms with Crippen LogP contribution in [0, 0.1) is 12.8 Å². The minimum atomic E-state index is 0.623. The number of rotatable bonds is 6. The van der Waals surface area contributed by atoms with Crippen molar-refractivity contribution in [2.45, 2.75) is 40.4 Å². The molecule has 0 radical (unpaired) electrons. The zero-order valence-corrected chi connectivity index (χ0v) is 12.2. The van der Waals surface area contributed by atoms with Gasteiger partial charge in [-0.15, -0.1) is 0 Å². The van der Waals surface area contributed by atoms with Gasteiger partial charge in [0, 0.05) is 32.9 Å². The molecule has 2 aromatic heterocycles. The Morgan fingerprint density at radius 1 is 1.32 bits per heavy atom. The quantitative estimate of drug-likeness (QED) is 0.863. The van der Waals surface area contributed by atoms with E-state index in [9.17, 15) is 0 Å². The van der Waals surface area contributed by atoms with E-state index in [0.717, 1.165) is 25.3 Å². The van der Waals surface area contributed by atoms with Gasteiger partial charge in [-0.2, -0.15) is 10.2 Å². The normalized spacial score (nSPS) is 11.4. The SMILES string of the molecule is Cc1cnn(C)c1CNCc1ccn(CC(C)C)n1. The molecule has 0 bridgehead atoms. The zero-order valence-electron chi connectivity index (χ0n) is 12.2. The Kier molecular flexibility index (Phi) is 4.37. The average molecular weight is 261 g/mol. The molecule has 0 aliphatic carbocycles. The van der Waals surface area contributed by atoms with Crippen LogP contribution in [0.1, 0.15) is 30.8 Å². The molecule has 2 heterocycles. The van der Waals surface area contributed by atoms with Crippen LogP contribution in [0.2, 0.25) is 0 Å². The minimum absolute atomic E-state index is 0.623. The first-order valence-corrected chi connectivity index (χ1v) is 6.76. The molecule has 0 aromatic carbocycles. The third-order valence-electron chi connectivity index (χ3n) is 3.12. The first-order chi connectivity index (χ1) is 9.06. The molecule has 0 atom stereocenters. The summed E-state index contributed by atoms with van der Waals surface area (Å²) in [5.74, 6) is 0.623. The van der Waals surface area contributed by atoms with Crippen molar-refractivity contribution in [2.75, 3.05) is 0 Å². The predicted molar refractivity (Wildman–Crippen MR) is 75.6 cm³/mol. The van der Waals surface area contributed by atoms with Crippen molar-refractivity contribution >= 4 is 0 Å². The number of aromatic nitrogens is 4. The molecule has 2 rings (SSSR count). The maximum absolute atomic E-state index is 4.55. The molecule has 0 aliphatic heterocycles. The molecule has 0 fully saturated rings. The third-order valence-corrected chi connectivity index (χ3v) is 3.12. The van der Waals surface area contributed by atoms with Crippen LogP contribution in [0.5, 0.6) is 0 Å². The third kappa shape index (κ3) is 3.67. The topological polar surface area (TPSA) is 47.7 Å². The second-order valence-electron chi connectivity index (χ2n) is 5.42. The fourth-order valence-electron chi connectivity index (χ4n) is 2.11. The lowest BCUT2D eigenvalue weighted by atomic mass is 10.2. The first kappa shape index (κ1) is 13.8. The predicted octanol–water partition coefficient (Wildman–Crippen LogP) is 1.87. The van der Waals surface area contributed by atoms with Crippen LogP contribution in [0.15, 0.2) is 18.5 Å². The van der Waals surface area contributed by atoms with E-state index in [2.05, 4.69) is 42.4 Å². The van der Waals surface area contributed by atoms with E-state index < -0.39 is 0 Å². The second-order valence-corrected chi connectivity index (χ2v) is 5.42. The Balaban J connectivity index is 1.84. The van der Waals surface area contributed by atoms with Crippen LogP contribution in [0.3, 0.4) is 0 Å². The van der Waals surface area contributed by atoms with Gasteiger partial charge in [0.05, 0.1) is 17.6 Å². The summed E-state index contributed by atoms with van der Waals surface area (Å²) in [6.45, 7) is 9.06. The van der Waals surface area contributed by atoms with Crippen molar-refractivity contribution in [1.82, 2.24) is 24.9 Å². The fraction of sp³-hybridized carbons (Fsp3) is 0.571. The molecule has 5 nitrogen and oxygen atoms in total. The van der Waals surface area contributed by atoms with E-state index in [1.807, 2.05) is 28.8 Å². The standard InChI is InChI=1S/C14H23N5/c1-11(2)10-19-6-5-13(17-19)8-15-9-14-12(3)7-16-18(14)4/h5-7,11,15H,8-10H2,1-4H3. The summed E-state index contributed by atoms with van der Waals surface area (Å²) < 4.78 is 3.93. The lowest BCUT2D eigenvalue weighted by Crippen LogP contribution is -2.16. The molecule has 0 spiro atoms. The maximum atomic E-state index is 4.55. The van der Waals surface area contributed by atoms with Gasteiger partial charge < -0.3 is 5.32 Å². The summed E-state index contributed by atoms with van der Waals surface area (Å²) in [6.07, 6.45) is 3.95. The summed E-state index contributed by atoms with van der Waals surface area (Å²) in [5.41, 5.74) is 3.53. The van der Waals surface area contributed by atoms with Gasteiger partial charge in [-0.3, -0.25) is 9.36 Å². The van der Waals surface area contributed by atoms with E-state index in [4.69, 9.17) is 0 Å². The lowest BCUT2D eigenvalue weighted by Gasteiger charge is -2.06. The number of nitrogens with zero attached hydrogens (tertiary/aromatic N) is 4. The molecule has 0 amide bonds. The van der Waals surface area contributed by atoms with Gasteiger partial charge in [0.15, 0.2) is 0 Å². The maximum Gasteiger partial charge on any atom is 0.0762 e. The number of aryl methyl sites for hydroxylation is 2. The van der Waals surface area contributed by atoms with E-state index in [1.165, 1.54) is 11.3 Å². The lowest BCUT2D eigenvalue weighted by molar-refractivity contribution is 0.477. The highest BCUT2D eigenvalue weighted by atomic mass is 15.3. The van der Waals surface area contributed by atoms with Crippen molar-refractivity contribution in [3.8, 4) is 0 Å². The summed E-state index contributed by atoms with van der Waals surface area (Å²) in [5, 5.41) is 12.2. The Morgan fingerprint density at radius 2 is 2.11 bits per heavy atom. The molecular formula is C14H23N5. The van der Waals surface area contributed by atoms with Crippen molar-refractivity contribution in [3.05, 3.63) is 35.4 Å². The minimum Gasteiger partial charge on any atom is -0.305 e. The fourth-order valence-corrected chi connectivity index (χ4v) is 2.11. The zero-order chi connectivity index (χ0) is 13.8. The highest BCUT2D eigenvalue weighted by molar-refractivity contribution is 5.15. The molecule has 0 saturated carbocycles. The van der Waals surface area contributed by atoms with Gasteiger partial charge in [0.25, 0.3) is 0 Å². The van der Waals surface area contributed by atoms with Crippen LogP contribution < -0.4 is 5.32 Å². The Bertz CT molecular complexity index is 504. The Hall–Kier alpha value is -1.62. The monoisotopic (exact) mass is 261 g/mol. The molecular weight excluding hydrogens is 238 g/mol. The van der Waals surface area contributed by atoms with Crippen LogP contribution >= 0.6 is 0 Å². The van der Waals surface area contributed by atoms with E-state index in [-0.39, 0.29) is 0 Å². The van der Waals surface area contributed by atoms with Crippen LogP contribution in [-0.2, 0) is 26.7 Å². The second kappa shape index (κ2) is 6.02. The largest absolute Gasteiger partial charge is 0.305 e. The Morgan fingerprint density at radius 3 is 2.74 bits per heavy atom. The van der Waals surface area contributed by atoms with Crippen LogP contribution in [0.4, 0.5) is 0 Å². The number of hydrogen-bond acceptors (Lipinski definition) is 3. The van der Waals surface area contributed by atoms with Gasteiger partial charge in [-0.25, -0.2) is 0 Å². The van der Waals surface area contributed by atoms with Crippen molar-refractivity contribution in [3.63, 3.8) is 0 Å².